The molecular formula is C18H18ClN3O4S. The first kappa shape index (κ1) is 20.7. The van der Waals surface area contributed by atoms with Crippen molar-refractivity contribution in [1.29, 1.82) is 0 Å². The van der Waals surface area contributed by atoms with Gasteiger partial charge in [-0.3, -0.25) is 19.7 Å². The number of rotatable bonds is 7. The summed E-state index contributed by atoms with van der Waals surface area (Å²) in [5, 5.41) is 16.9. The molecule has 0 aliphatic heterocycles. The normalized spacial score (nSPS) is 10.3. The van der Waals surface area contributed by atoms with Crippen LogP contribution in [0.3, 0.4) is 0 Å². The van der Waals surface area contributed by atoms with Gasteiger partial charge >= 0.3 is 0 Å². The van der Waals surface area contributed by atoms with E-state index in [-0.39, 0.29) is 28.4 Å². The summed E-state index contributed by atoms with van der Waals surface area (Å²) < 4.78 is 0. The van der Waals surface area contributed by atoms with Gasteiger partial charge in [0.1, 0.15) is 0 Å². The minimum Gasteiger partial charge on any atom is -0.352 e. The molecule has 2 amide bonds. The first-order valence-electron chi connectivity index (χ1n) is 8.09. The predicted molar refractivity (Wildman–Crippen MR) is 107 cm³/mol. The van der Waals surface area contributed by atoms with Crippen LogP contribution in [0.15, 0.2) is 41.3 Å². The number of nitrogens with zero attached hydrogens (tertiary/aromatic N) is 1. The monoisotopic (exact) mass is 407 g/mol. The van der Waals surface area contributed by atoms with Gasteiger partial charge in [-0.2, -0.15) is 0 Å². The molecule has 0 fully saturated rings. The summed E-state index contributed by atoms with van der Waals surface area (Å²) >= 11 is 7.21. The number of nitro groups is 1. The van der Waals surface area contributed by atoms with Crippen molar-refractivity contribution in [3.63, 3.8) is 0 Å². The molecule has 0 atom stereocenters. The lowest BCUT2D eigenvalue weighted by molar-refractivity contribution is -0.387. The third-order valence-corrected chi connectivity index (χ3v) is 4.67. The molecule has 0 heterocycles. The number of halogens is 1. The van der Waals surface area contributed by atoms with Gasteiger partial charge in [-0.25, -0.2) is 0 Å². The third kappa shape index (κ3) is 5.21. The molecule has 2 aromatic rings. The fourth-order valence-electron chi connectivity index (χ4n) is 2.32. The summed E-state index contributed by atoms with van der Waals surface area (Å²) in [6.45, 7) is 2.42. The second kappa shape index (κ2) is 9.38. The van der Waals surface area contributed by atoms with Gasteiger partial charge in [0.25, 0.3) is 17.5 Å². The Morgan fingerprint density at radius 3 is 2.56 bits per heavy atom. The molecule has 0 aliphatic rings. The van der Waals surface area contributed by atoms with Gasteiger partial charge in [-0.15, -0.1) is 11.8 Å². The number of hydrogen-bond donors (Lipinski definition) is 2. The molecule has 0 radical (unpaired) electrons. The van der Waals surface area contributed by atoms with Crippen LogP contribution in [0.5, 0.6) is 0 Å². The lowest BCUT2D eigenvalue weighted by Crippen LogP contribution is -2.25. The van der Waals surface area contributed by atoms with Crippen LogP contribution < -0.4 is 10.6 Å². The quantitative estimate of drug-likeness (QED) is 0.403. The number of thioether (sulfide) groups is 1. The second-order valence-electron chi connectivity index (χ2n) is 5.54. The van der Waals surface area contributed by atoms with Crippen molar-refractivity contribution in [1.82, 2.24) is 5.32 Å². The fourth-order valence-corrected chi connectivity index (χ4v) is 3.04. The van der Waals surface area contributed by atoms with Gasteiger partial charge in [0.05, 0.1) is 21.1 Å². The highest BCUT2D eigenvalue weighted by atomic mass is 35.5. The predicted octanol–water partition coefficient (Wildman–Crippen LogP) is 4.36. The van der Waals surface area contributed by atoms with Crippen molar-refractivity contribution >= 4 is 46.6 Å². The highest BCUT2D eigenvalue weighted by Crippen LogP contribution is 2.29. The van der Waals surface area contributed by atoms with Crippen molar-refractivity contribution in [2.75, 3.05) is 18.1 Å². The van der Waals surface area contributed by atoms with E-state index in [4.69, 9.17) is 11.6 Å². The SMILES string of the molecule is CCCNC(=O)c1ccc(Cl)cc1NC(=O)c1ccc(SC)c([N+](=O)[O-])c1. The Balaban J connectivity index is 2.33. The summed E-state index contributed by atoms with van der Waals surface area (Å²) in [6, 6.07) is 8.76. The molecule has 0 saturated heterocycles. The minimum atomic E-state index is -0.572. The van der Waals surface area contributed by atoms with E-state index >= 15 is 0 Å². The maximum atomic E-state index is 12.6. The lowest BCUT2D eigenvalue weighted by Gasteiger charge is -2.12. The van der Waals surface area contributed by atoms with E-state index in [1.165, 1.54) is 42.1 Å². The number of hydrogen-bond acceptors (Lipinski definition) is 5. The molecule has 7 nitrogen and oxygen atoms in total. The van der Waals surface area contributed by atoms with E-state index in [1.54, 1.807) is 12.3 Å². The van der Waals surface area contributed by atoms with Gasteiger partial charge < -0.3 is 10.6 Å². The Bertz CT molecular complexity index is 889. The maximum Gasteiger partial charge on any atom is 0.283 e. The van der Waals surface area contributed by atoms with Crippen molar-refractivity contribution < 1.29 is 14.5 Å². The zero-order chi connectivity index (χ0) is 20.0. The van der Waals surface area contributed by atoms with Crippen LogP contribution in [0.1, 0.15) is 34.1 Å². The summed E-state index contributed by atoms with van der Waals surface area (Å²) in [5.74, 6) is -0.912. The number of nitrogens with one attached hydrogen (secondary N) is 2. The summed E-state index contributed by atoms with van der Waals surface area (Å²) in [4.78, 5) is 36.0. The van der Waals surface area contributed by atoms with Crippen molar-refractivity contribution in [3.8, 4) is 0 Å². The number of nitro benzene ring substituents is 1. The number of benzene rings is 2. The van der Waals surface area contributed by atoms with Crippen LogP contribution in [0.25, 0.3) is 0 Å². The summed E-state index contributed by atoms with van der Waals surface area (Å²) in [7, 11) is 0. The smallest absolute Gasteiger partial charge is 0.283 e. The molecule has 9 heteroatoms. The van der Waals surface area contributed by atoms with Gasteiger partial charge in [-0.1, -0.05) is 18.5 Å². The minimum absolute atomic E-state index is 0.111. The molecule has 2 rings (SSSR count). The van der Waals surface area contributed by atoms with E-state index < -0.39 is 10.8 Å². The molecule has 0 unspecified atom stereocenters. The molecule has 0 aromatic heterocycles. The van der Waals surface area contributed by atoms with Crippen LogP contribution in [0.4, 0.5) is 11.4 Å². The summed E-state index contributed by atoms with van der Waals surface area (Å²) in [6.07, 6.45) is 2.49. The van der Waals surface area contributed by atoms with Crippen molar-refractivity contribution in [2.45, 2.75) is 18.2 Å². The number of carbonyl (C=O) groups is 2. The molecule has 0 aliphatic carbocycles. The van der Waals surface area contributed by atoms with Crippen LogP contribution in [-0.2, 0) is 0 Å². The first-order valence-corrected chi connectivity index (χ1v) is 9.69. The zero-order valence-corrected chi connectivity index (χ0v) is 16.3. The second-order valence-corrected chi connectivity index (χ2v) is 6.83. The molecule has 27 heavy (non-hydrogen) atoms. The highest BCUT2D eigenvalue weighted by Gasteiger charge is 2.19. The lowest BCUT2D eigenvalue weighted by atomic mass is 10.1. The van der Waals surface area contributed by atoms with Crippen LogP contribution in [-0.4, -0.2) is 29.5 Å². The van der Waals surface area contributed by atoms with Gasteiger partial charge in [-0.05, 0) is 43.0 Å². The molecule has 2 aromatic carbocycles. The Labute approximate surface area is 165 Å². The third-order valence-electron chi connectivity index (χ3n) is 3.65. The Morgan fingerprint density at radius 1 is 1.19 bits per heavy atom. The largest absolute Gasteiger partial charge is 0.352 e. The van der Waals surface area contributed by atoms with E-state index in [2.05, 4.69) is 10.6 Å². The molecular weight excluding hydrogens is 390 g/mol. The summed E-state index contributed by atoms with van der Waals surface area (Å²) in [5.41, 5.74) is 0.454. The van der Waals surface area contributed by atoms with E-state index in [1.807, 2.05) is 6.92 Å². The molecule has 142 valence electrons. The van der Waals surface area contributed by atoms with E-state index in [9.17, 15) is 19.7 Å². The van der Waals surface area contributed by atoms with E-state index in [0.717, 1.165) is 6.42 Å². The highest BCUT2D eigenvalue weighted by molar-refractivity contribution is 7.98. The van der Waals surface area contributed by atoms with Crippen molar-refractivity contribution in [2.24, 2.45) is 0 Å². The van der Waals surface area contributed by atoms with Crippen LogP contribution in [0, 0.1) is 10.1 Å². The average molecular weight is 408 g/mol. The topological polar surface area (TPSA) is 101 Å². The fraction of sp³-hybridized carbons (Fsp3) is 0.222. The van der Waals surface area contributed by atoms with Gasteiger partial charge in [0, 0.05) is 23.2 Å². The number of amides is 2. The zero-order valence-electron chi connectivity index (χ0n) is 14.7. The first-order chi connectivity index (χ1) is 12.9. The van der Waals surface area contributed by atoms with E-state index in [0.29, 0.717) is 16.5 Å². The Morgan fingerprint density at radius 2 is 1.93 bits per heavy atom. The standard InChI is InChI=1S/C18H18ClN3O4S/c1-3-8-20-18(24)13-6-5-12(19)10-14(13)21-17(23)11-4-7-16(27-2)15(9-11)22(25)26/h4-7,9-10H,3,8H2,1-2H3,(H,20,24)(H,21,23). The van der Waals surface area contributed by atoms with Crippen molar-refractivity contribution in [3.05, 3.63) is 62.7 Å². The maximum absolute atomic E-state index is 12.6. The van der Waals surface area contributed by atoms with Crippen LogP contribution in [0.2, 0.25) is 5.02 Å². The molecule has 0 saturated carbocycles. The molecule has 0 spiro atoms. The number of anilines is 1. The number of carbonyl (C=O) groups excluding carboxylic acids is 2. The Hall–Kier alpha value is -2.58. The molecule has 0 bridgehead atoms. The van der Waals surface area contributed by atoms with Crippen LogP contribution >= 0.6 is 23.4 Å². The molecule has 2 N–H and O–H groups in total. The average Bonchev–Trinajstić information content (AvgIpc) is 2.65. The Kier molecular flexibility index (Phi) is 7.20. The van der Waals surface area contributed by atoms with Gasteiger partial charge in [0.2, 0.25) is 0 Å². The van der Waals surface area contributed by atoms with Gasteiger partial charge in [0.15, 0.2) is 0 Å².